The molecule has 0 aliphatic heterocycles. The Bertz CT molecular complexity index is 617. The number of halogens is 1. The predicted molar refractivity (Wildman–Crippen MR) is 87.0 cm³/mol. The third-order valence-corrected chi connectivity index (χ3v) is 3.63. The van der Waals surface area contributed by atoms with Crippen LogP contribution < -0.4 is 11.1 Å². The van der Waals surface area contributed by atoms with E-state index >= 15 is 0 Å². The maximum Gasteiger partial charge on any atom is 0.253 e. The van der Waals surface area contributed by atoms with Crippen molar-refractivity contribution < 1.29 is 9.90 Å². The molecule has 0 spiro atoms. The number of nitrogens with two attached hydrogens (primary N) is 1. The molecule has 0 aromatic heterocycles. The van der Waals surface area contributed by atoms with E-state index in [2.05, 4.69) is 21.2 Å². The SMILES string of the molecule is Nc1ccc(Br)cc1C(=O)N[C@@H](CO)Cc1ccccc1. The van der Waals surface area contributed by atoms with Gasteiger partial charge >= 0.3 is 0 Å². The second kappa shape index (κ2) is 7.24. The summed E-state index contributed by atoms with van der Waals surface area (Å²) >= 11 is 3.32. The number of nitrogens with one attached hydrogen (secondary N) is 1. The molecular weight excluding hydrogens is 332 g/mol. The van der Waals surface area contributed by atoms with Crippen LogP contribution in [0.15, 0.2) is 53.0 Å². The number of aliphatic hydroxyl groups excluding tert-OH is 1. The first-order chi connectivity index (χ1) is 10.1. The predicted octanol–water partition coefficient (Wildman–Crippen LogP) is 2.36. The number of aliphatic hydroxyl groups is 1. The number of carbonyl (C=O) groups is 1. The number of carbonyl (C=O) groups excluding carboxylic acids is 1. The number of hydrogen-bond donors (Lipinski definition) is 3. The molecule has 2 aromatic rings. The fourth-order valence-electron chi connectivity index (χ4n) is 2.05. The minimum Gasteiger partial charge on any atom is -0.398 e. The summed E-state index contributed by atoms with van der Waals surface area (Å²) in [7, 11) is 0. The Morgan fingerprint density at radius 1 is 1.24 bits per heavy atom. The molecule has 0 bridgehead atoms. The van der Waals surface area contributed by atoms with Gasteiger partial charge in [0, 0.05) is 10.2 Å². The van der Waals surface area contributed by atoms with Gasteiger partial charge in [0.1, 0.15) is 0 Å². The Morgan fingerprint density at radius 2 is 1.95 bits per heavy atom. The van der Waals surface area contributed by atoms with Gasteiger partial charge in [-0.05, 0) is 30.2 Å². The second-order valence-electron chi connectivity index (χ2n) is 4.77. The average Bonchev–Trinajstić information content (AvgIpc) is 2.50. The maximum atomic E-state index is 12.3. The number of benzene rings is 2. The van der Waals surface area contributed by atoms with E-state index in [1.807, 2.05) is 30.3 Å². The quantitative estimate of drug-likeness (QED) is 0.726. The minimum absolute atomic E-state index is 0.130. The van der Waals surface area contributed by atoms with Crippen molar-refractivity contribution in [3.05, 3.63) is 64.1 Å². The molecule has 110 valence electrons. The molecule has 1 atom stereocenters. The van der Waals surface area contributed by atoms with Gasteiger partial charge in [-0.3, -0.25) is 4.79 Å². The number of hydrogen-bond acceptors (Lipinski definition) is 3. The highest BCUT2D eigenvalue weighted by molar-refractivity contribution is 9.10. The van der Waals surface area contributed by atoms with Gasteiger partial charge in [0.25, 0.3) is 5.91 Å². The van der Waals surface area contributed by atoms with Crippen LogP contribution in [0, 0.1) is 0 Å². The van der Waals surface area contributed by atoms with Crippen molar-refractivity contribution in [2.24, 2.45) is 0 Å². The van der Waals surface area contributed by atoms with Crippen LogP contribution in [0.2, 0.25) is 0 Å². The third kappa shape index (κ3) is 4.31. The fraction of sp³-hybridized carbons (Fsp3) is 0.188. The van der Waals surface area contributed by atoms with Crippen molar-refractivity contribution in [3.8, 4) is 0 Å². The standard InChI is InChI=1S/C16H17BrN2O2/c17-12-6-7-15(18)14(9-12)16(21)19-13(10-20)8-11-4-2-1-3-5-11/h1-7,9,13,20H,8,10,18H2,(H,19,21)/t13-/m1/s1. The average molecular weight is 349 g/mol. The minimum atomic E-state index is -0.349. The van der Waals surface area contributed by atoms with Gasteiger partial charge < -0.3 is 16.2 Å². The molecule has 0 fully saturated rings. The van der Waals surface area contributed by atoms with Gasteiger partial charge in [-0.1, -0.05) is 46.3 Å². The van der Waals surface area contributed by atoms with Crippen LogP contribution in [0.1, 0.15) is 15.9 Å². The molecule has 0 saturated heterocycles. The third-order valence-electron chi connectivity index (χ3n) is 3.14. The molecule has 0 radical (unpaired) electrons. The summed E-state index contributed by atoms with van der Waals surface area (Å²) in [5.74, 6) is -0.288. The van der Waals surface area contributed by atoms with E-state index in [1.54, 1.807) is 18.2 Å². The van der Waals surface area contributed by atoms with Crippen molar-refractivity contribution in [2.75, 3.05) is 12.3 Å². The van der Waals surface area contributed by atoms with E-state index in [0.29, 0.717) is 17.7 Å². The summed E-state index contributed by atoms with van der Waals surface area (Å²) in [5.41, 5.74) is 7.68. The lowest BCUT2D eigenvalue weighted by molar-refractivity contribution is 0.0917. The van der Waals surface area contributed by atoms with Crippen LogP contribution in [-0.4, -0.2) is 23.7 Å². The van der Waals surface area contributed by atoms with E-state index in [1.165, 1.54) is 0 Å². The first kappa shape index (κ1) is 15.5. The van der Waals surface area contributed by atoms with Crippen LogP contribution in [0.3, 0.4) is 0 Å². The zero-order chi connectivity index (χ0) is 15.2. The number of nitrogen functional groups attached to an aromatic ring is 1. The van der Waals surface area contributed by atoms with Crippen molar-refractivity contribution in [3.63, 3.8) is 0 Å². The molecule has 21 heavy (non-hydrogen) atoms. The molecule has 5 heteroatoms. The van der Waals surface area contributed by atoms with E-state index in [0.717, 1.165) is 10.0 Å². The second-order valence-corrected chi connectivity index (χ2v) is 5.69. The zero-order valence-corrected chi connectivity index (χ0v) is 13.0. The van der Waals surface area contributed by atoms with Crippen LogP contribution in [-0.2, 0) is 6.42 Å². The van der Waals surface area contributed by atoms with Crippen molar-refractivity contribution >= 4 is 27.5 Å². The van der Waals surface area contributed by atoms with Gasteiger partial charge in [-0.15, -0.1) is 0 Å². The maximum absolute atomic E-state index is 12.3. The summed E-state index contributed by atoms with van der Waals surface area (Å²) in [6, 6.07) is 14.5. The van der Waals surface area contributed by atoms with Gasteiger partial charge in [0.05, 0.1) is 18.2 Å². The van der Waals surface area contributed by atoms with E-state index < -0.39 is 0 Å². The lowest BCUT2D eigenvalue weighted by Gasteiger charge is -2.17. The van der Waals surface area contributed by atoms with Gasteiger partial charge in [-0.25, -0.2) is 0 Å². The number of amides is 1. The molecule has 0 heterocycles. The van der Waals surface area contributed by atoms with E-state index in [4.69, 9.17) is 5.73 Å². The zero-order valence-electron chi connectivity index (χ0n) is 11.4. The van der Waals surface area contributed by atoms with Crippen molar-refractivity contribution in [1.29, 1.82) is 0 Å². The van der Waals surface area contributed by atoms with Crippen molar-refractivity contribution in [2.45, 2.75) is 12.5 Å². The van der Waals surface area contributed by atoms with E-state index in [-0.39, 0.29) is 18.6 Å². The van der Waals surface area contributed by atoms with Crippen LogP contribution >= 0.6 is 15.9 Å². The molecule has 0 unspecified atom stereocenters. The summed E-state index contributed by atoms with van der Waals surface area (Å²) in [5, 5.41) is 12.3. The van der Waals surface area contributed by atoms with Crippen LogP contribution in [0.25, 0.3) is 0 Å². The highest BCUT2D eigenvalue weighted by Gasteiger charge is 2.15. The largest absolute Gasteiger partial charge is 0.398 e. The summed E-state index contributed by atoms with van der Waals surface area (Å²) in [4.78, 5) is 12.3. The van der Waals surface area contributed by atoms with Gasteiger partial charge in [-0.2, -0.15) is 0 Å². The Labute approximate surface area is 132 Å². The van der Waals surface area contributed by atoms with Gasteiger partial charge in [0.2, 0.25) is 0 Å². The molecule has 1 amide bonds. The first-order valence-electron chi connectivity index (χ1n) is 6.61. The summed E-state index contributed by atoms with van der Waals surface area (Å²) in [6.45, 7) is -0.130. The topological polar surface area (TPSA) is 75.4 Å². The van der Waals surface area contributed by atoms with E-state index in [9.17, 15) is 9.90 Å². The summed E-state index contributed by atoms with van der Waals surface area (Å²) in [6.07, 6.45) is 0.566. The fourth-order valence-corrected chi connectivity index (χ4v) is 2.41. The first-order valence-corrected chi connectivity index (χ1v) is 7.40. The Balaban J connectivity index is 2.07. The molecule has 4 N–H and O–H groups in total. The highest BCUT2D eigenvalue weighted by Crippen LogP contribution is 2.18. The Hall–Kier alpha value is -1.85. The lowest BCUT2D eigenvalue weighted by atomic mass is 10.1. The molecular formula is C16H17BrN2O2. The monoisotopic (exact) mass is 348 g/mol. The lowest BCUT2D eigenvalue weighted by Crippen LogP contribution is -2.39. The van der Waals surface area contributed by atoms with Crippen LogP contribution in [0.5, 0.6) is 0 Å². The van der Waals surface area contributed by atoms with Crippen molar-refractivity contribution in [1.82, 2.24) is 5.32 Å². The molecule has 0 aliphatic rings. The number of rotatable bonds is 5. The molecule has 2 aromatic carbocycles. The highest BCUT2D eigenvalue weighted by atomic mass is 79.9. The van der Waals surface area contributed by atoms with Crippen LogP contribution in [0.4, 0.5) is 5.69 Å². The summed E-state index contributed by atoms with van der Waals surface area (Å²) < 4.78 is 0.783. The Kier molecular flexibility index (Phi) is 5.36. The smallest absolute Gasteiger partial charge is 0.253 e. The molecule has 4 nitrogen and oxygen atoms in total. The number of anilines is 1. The molecule has 2 rings (SSSR count). The molecule has 0 aliphatic carbocycles. The molecule has 0 saturated carbocycles. The normalized spacial score (nSPS) is 11.9. The van der Waals surface area contributed by atoms with Gasteiger partial charge in [0.15, 0.2) is 0 Å². The Morgan fingerprint density at radius 3 is 2.62 bits per heavy atom.